The molecule has 8 heteroatoms. The van der Waals surface area contributed by atoms with Crippen molar-refractivity contribution >= 4 is 28.8 Å². The number of anilines is 4. The number of nitrogens with one attached hydrogen (secondary N) is 1. The van der Waals surface area contributed by atoms with Crippen LogP contribution in [0.4, 0.5) is 28.8 Å². The second-order valence-electron chi connectivity index (χ2n) is 5.63. The second kappa shape index (κ2) is 7.06. The molecule has 132 valence electrons. The molecule has 2 aromatic carbocycles. The summed E-state index contributed by atoms with van der Waals surface area (Å²) in [7, 11) is 1.72. The Balaban J connectivity index is 2.04. The van der Waals surface area contributed by atoms with Crippen molar-refractivity contribution in [2.75, 3.05) is 17.3 Å². The molecule has 0 saturated heterocycles. The van der Waals surface area contributed by atoms with Crippen molar-refractivity contribution in [3.8, 4) is 5.75 Å². The average molecular weight is 351 g/mol. The van der Waals surface area contributed by atoms with E-state index in [9.17, 15) is 15.2 Å². The maximum absolute atomic E-state index is 11.5. The Bertz CT molecular complexity index is 930. The lowest BCUT2D eigenvalue weighted by molar-refractivity contribution is -0.385. The van der Waals surface area contributed by atoms with Crippen molar-refractivity contribution in [3.05, 3.63) is 70.4 Å². The number of benzene rings is 2. The first-order chi connectivity index (χ1) is 12.5. The third-order valence-electron chi connectivity index (χ3n) is 3.81. The van der Waals surface area contributed by atoms with Crippen LogP contribution in [0.3, 0.4) is 0 Å². The van der Waals surface area contributed by atoms with Crippen LogP contribution in [0.1, 0.15) is 5.69 Å². The lowest BCUT2D eigenvalue weighted by Gasteiger charge is -2.19. The molecule has 0 spiro atoms. The van der Waals surface area contributed by atoms with Gasteiger partial charge in [-0.05, 0) is 43.3 Å². The van der Waals surface area contributed by atoms with E-state index in [2.05, 4.69) is 15.3 Å². The van der Waals surface area contributed by atoms with Crippen molar-refractivity contribution in [1.82, 2.24) is 9.97 Å². The van der Waals surface area contributed by atoms with E-state index < -0.39 is 4.92 Å². The highest BCUT2D eigenvalue weighted by molar-refractivity contribution is 5.71. The molecule has 0 aliphatic carbocycles. The number of hydrogen-bond acceptors (Lipinski definition) is 7. The zero-order chi connectivity index (χ0) is 18.7. The van der Waals surface area contributed by atoms with Crippen LogP contribution in [0, 0.1) is 17.0 Å². The molecule has 0 aliphatic rings. The third-order valence-corrected chi connectivity index (χ3v) is 3.81. The van der Waals surface area contributed by atoms with Gasteiger partial charge in [-0.25, -0.2) is 4.98 Å². The number of aryl methyl sites for hydroxylation is 1. The van der Waals surface area contributed by atoms with Gasteiger partial charge in [0.05, 0.1) is 4.92 Å². The summed E-state index contributed by atoms with van der Waals surface area (Å²) in [6.45, 7) is 1.57. The minimum absolute atomic E-state index is 0.140. The van der Waals surface area contributed by atoms with Gasteiger partial charge in [-0.3, -0.25) is 10.1 Å². The number of phenolic OH excluding ortho intramolecular Hbond substituents is 1. The Morgan fingerprint density at radius 3 is 2.35 bits per heavy atom. The Kier molecular flexibility index (Phi) is 4.66. The number of phenols is 1. The largest absolute Gasteiger partial charge is 0.508 e. The number of para-hydroxylation sites is 1. The smallest absolute Gasteiger partial charge is 0.333 e. The normalized spacial score (nSPS) is 10.4. The molecule has 0 atom stereocenters. The third kappa shape index (κ3) is 3.54. The van der Waals surface area contributed by atoms with Crippen molar-refractivity contribution < 1.29 is 10.0 Å². The summed E-state index contributed by atoms with van der Waals surface area (Å²) in [5.74, 6) is 0.562. The predicted molar refractivity (Wildman–Crippen MR) is 99.3 cm³/mol. The van der Waals surface area contributed by atoms with Crippen LogP contribution in [0.5, 0.6) is 5.75 Å². The molecule has 8 nitrogen and oxygen atoms in total. The summed E-state index contributed by atoms with van der Waals surface area (Å²) in [5, 5.41) is 23.9. The van der Waals surface area contributed by atoms with Crippen molar-refractivity contribution in [1.29, 1.82) is 0 Å². The van der Waals surface area contributed by atoms with Crippen LogP contribution in [0.15, 0.2) is 54.6 Å². The van der Waals surface area contributed by atoms with Gasteiger partial charge in [0, 0.05) is 18.4 Å². The highest BCUT2D eigenvalue weighted by atomic mass is 16.6. The van der Waals surface area contributed by atoms with Gasteiger partial charge >= 0.3 is 5.69 Å². The average Bonchev–Trinajstić information content (AvgIpc) is 2.63. The van der Waals surface area contributed by atoms with Crippen LogP contribution >= 0.6 is 0 Å². The van der Waals surface area contributed by atoms with E-state index in [1.165, 1.54) is 12.1 Å². The molecule has 0 unspecified atom stereocenters. The monoisotopic (exact) mass is 351 g/mol. The fourth-order valence-corrected chi connectivity index (χ4v) is 2.50. The highest BCUT2D eigenvalue weighted by Gasteiger charge is 2.25. The van der Waals surface area contributed by atoms with Gasteiger partial charge in [0.1, 0.15) is 11.4 Å². The van der Waals surface area contributed by atoms with Gasteiger partial charge in [0.2, 0.25) is 11.8 Å². The number of rotatable bonds is 5. The zero-order valence-electron chi connectivity index (χ0n) is 14.2. The molecule has 0 amide bonds. The molecule has 1 aromatic heterocycles. The Hall–Kier alpha value is -3.68. The molecule has 3 aromatic rings. The fourth-order valence-electron chi connectivity index (χ4n) is 2.50. The first-order valence-electron chi connectivity index (χ1n) is 7.83. The van der Waals surface area contributed by atoms with Crippen molar-refractivity contribution in [2.45, 2.75) is 6.92 Å². The SMILES string of the molecule is Cc1nc(Nc2ccc(O)cc2)nc(N(C)c2ccccc2)c1[N+](=O)[O-]. The molecule has 0 bridgehead atoms. The Morgan fingerprint density at radius 1 is 1.08 bits per heavy atom. The molecule has 26 heavy (non-hydrogen) atoms. The van der Waals surface area contributed by atoms with Gasteiger partial charge in [0.15, 0.2) is 0 Å². The minimum atomic E-state index is -0.478. The lowest BCUT2D eigenvalue weighted by Crippen LogP contribution is -2.16. The standard InChI is InChI=1S/C18H17N5O3/c1-12-16(23(25)26)17(22(2)14-6-4-3-5-7-14)21-18(19-12)20-13-8-10-15(24)11-9-13/h3-11,24H,1-2H3,(H,19,20,21). The van der Waals surface area contributed by atoms with Gasteiger partial charge in [0.25, 0.3) is 0 Å². The van der Waals surface area contributed by atoms with E-state index in [4.69, 9.17) is 0 Å². The van der Waals surface area contributed by atoms with E-state index in [0.29, 0.717) is 5.69 Å². The minimum Gasteiger partial charge on any atom is -0.508 e. The summed E-state index contributed by atoms with van der Waals surface area (Å²) in [4.78, 5) is 21.3. The molecular weight excluding hydrogens is 334 g/mol. The molecule has 3 rings (SSSR count). The summed E-state index contributed by atoms with van der Waals surface area (Å²) >= 11 is 0. The molecule has 0 aliphatic heterocycles. The first kappa shape index (κ1) is 17.2. The number of aromatic nitrogens is 2. The zero-order valence-corrected chi connectivity index (χ0v) is 14.2. The fraction of sp³-hybridized carbons (Fsp3) is 0.111. The first-order valence-corrected chi connectivity index (χ1v) is 7.83. The van der Waals surface area contributed by atoms with Crippen LogP contribution in [0.25, 0.3) is 0 Å². The van der Waals surface area contributed by atoms with E-state index >= 15 is 0 Å². The van der Waals surface area contributed by atoms with Crippen LogP contribution in [-0.2, 0) is 0 Å². The molecule has 1 heterocycles. The molecule has 0 saturated carbocycles. The number of nitro groups is 1. The van der Waals surface area contributed by atoms with Gasteiger partial charge in [-0.1, -0.05) is 18.2 Å². The molecule has 0 radical (unpaired) electrons. The lowest BCUT2D eigenvalue weighted by atomic mass is 10.2. The van der Waals surface area contributed by atoms with Gasteiger partial charge in [-0.15, -0.1) is 0 Å². The summed E-state index contributed by atoms with van der Waals surface area (Å²) in [6, 6.07) is 15.6. The molecular formula is C18H17N5O3. The van der Waals surface area contributed by atoms with Gasteiger partial charge < -0.3 is 15.3 Å². The summed E-state index contributed by atoms with van der Waals surface area (Å²) in [5.41, 5.74) is 1.53. The summed E-state index contributed by atoms with van der Waals surface area (Å²) in [6.07, 6.45) is 0. The van der Waals surface area contributed by atoms with E-state index in [0.717, 1.165) is 5.69 Å². The van der Waals surface area contributed by atoms with E-state index in [1.807, 2.05) is 30.3 Å². The van der Waals surface area contributed by atoms with Crippen LogP contribution in [0.2, 0.25) is 0 Å². The van der Waals surface area contributed by atoms with Gasteiger partial charge in [-0.2, -0.15) is 4.98 Å². The van der Waals surface area contributed by atoms with Crippen LogP contribution < -0.4 is 10.2 Å². The maximum Gasteiger partial charge on any atom is 0.333 e. The highest BCUT2D eigenvalue weighted by Crippen LogP contribution is 2.33. The number of hydrogen-bond donors (Lipinski definition) is 2. The maximum atomic E-state index is 11.5. The molecule has 2 N–H and O–H groups in total. The number of aromatic hydroxyl groups is 1. The van der Waals surface area contributed by atoms with E-state index in [1.54, 1.807) is 31.0 Å². The van der Waals surface area contributed by atoms with Crippen LogP contribution in [-0.4, -0.2) is 27.0 Å². The van der Waals surface area contributed by atoms with Crippen molar-refractivity contribution in [3.63, 3.8) is 0 Å². The number of nitrogens with zero attached hydrogens (tertiary/aromatic N) is 4. The predicted octanol–water partition coefficient (Wildman–Crippen LogP) is 3.91. The van der Waals surface area contributed by atoms with Crippen molar-refractivity contribution in [2.24, 2.45) is 0 Å². The van der Waals surface area contributed by atoms with E-state index in [-0.39, 0.29) is 28.9 Å². The Labute approximate surface area is 149 Å². The summed E-state index contributed by atoms with van der Waals surface area (Å²) < 4.78 is 0. The molecule has 0 fully saturated rings. The topological polar surface area (TPSA) is 104 Å². The quantitative estimate of drug-likeness (QED) is 0.408. The Morgan fingerprint density at radius 2 is 1.73 bits per heavy atom. The second-order valence-corrected chi connectivity index (χ2v) is 5.63.